The molecule has 1 aromatic carbocycles. The smallest absolute Gasteiger partial charge is 0.263 e. The van der Waals surface area contributed by atoms with Crippen molar-refractivity contribution in [1.29, 1.82) is 0 Å². The molecule has 0 bridgehead atoms. The van der Waals surface area contributed by atoms with E-state index in [0.29, 0.717) is 34.3 Å². The predicted molar refractivity (Wildman–Crippen MR) is 103 cm³/mol. The van der Waals surface area contributed by atoms with Gasteiger partial charge in [0, 0.05) is 17.3 Å². The number of anilines is 1. The minimum atomic E-state index is -0.372. The van der Waals surface area contributed by atoms with E-state index in [1.54, 1.807) is 58.2 Å². The molecule has 3 rings (SSSR count). The van der Waals surface area contributed by atoms with Crippen LogP contribution < -0.4 is 20.3 Å². The van der Waals surface area contributed by atoms with E-state index < -0.39 is 0 Å². The van der Waals surface area contributed by atoms with Gasteiger partial charge in [0.1, 0.15) is 17.3 Å². The summed E-state index contributed by atoms with van der Waals surface area (Å²) in [6.45, 7) is 5.02. The fourth-order valence-electron chi connectivity index (χ4n) is 2.48. The maximum Gasteiger partial charge on any atom is 0.263 e. The van der Waals surface area contributed by atoms with Gasteiger partial charge in [-0.15, -0.1) is 0 Å². The van der Waals surface area contributed by atoms with Gasteiger partial charge in [-0.25, -0.2) is 4.98 Å². The van der Waals surface area contributed by atoms with Gasteiger partial charge in [-0.2, -0.15) is 9.78 Å². The summed E-state index contributed by atoms with van der Waals surface area (Å²) in [5, 5.41) is 7.02. The average Bonchev–Trinajstić information content (AvgIpc) is 3.04. The first-order valence-electron chi connectivity index (χ1n) is 8.58. The molecule has 0 aliphatic carbocycles. The first-order chi connectivity index (χ1) is 13.4. The second-order valence-electron chi connectivity index (χ2n) is 6.20. The molecule has 0 radical (unpaired) electrons. The first-order valence-corrected chi connectivity index (χ1v) is 8.58. The van der Waals surface area contributed by atoms with Gasteiger partial charge in [-0.3, -0.25) is 14.6 Å². The second-order valence-corrected chi connectivity index (χ2v) is 6.20. The molecular weight excluding hydrogens is 362 g/mol. The van der Waals surface area contributed by atoms with Crippen LogP contribution in [0.3, 0.4) is 0 Å². The molecule has 2 aromatic heterocycles. The number of amides is 1. The zero-order valence-corrected chi connectivity index (χ0v) is 16.1. The van der Waals surface area contributed by atoms with E-state index in [2.05, 4.69) is 20.4 Å². The van der Waals surface area contributed by atoms with Crippen LogP contribution in [-0.4, -0.2) is 39.4 Å². The van der Waals surface area contributed by atoms with Gasteiger partial charge in [0.15, 0.2) is 6.61 Å². The highest BCUT2D eigenvalue weighted by Gasteiger charge is 2.14. The number of benzene rings is 1. The van der Waals surface area contributed by atoms with E-state index in [0.717, 1.165) is 0 Å². The van der Waals surface area contributed by atoms with E-state index in [1.807, 2.05) is 0 Å². The molecule has 0 aliphatic rings. The van der Waals surface area contributed by atoms with E-state index in [-0.39, 0.29) is 24.0 Å². The van der Waals surface area contributed by atoms with Crippen LogP contribution in [0.5, 0.6) is 11.5 Å². The summed E-state index contributed by atoms with van der Waals surface area (Å²) in [5.41, 5.74) is 1.53. The number of carbonyl (C=O) groups excluding carboxylic acids is 1. The van der Waals surface area contributed by atoms with Crippen molar-refractivity contribution < 1.29 is 14.3 Å². The van der Waals surface area contributed by atoms with E-state index in [1.165, 1.54) is 4.68 Å². The minimum absolute atomic E-state index is 0.187. The number of nitrogens with one attached hydrogen (secondary N) is 2. The molecule has 0 atom stereocenters. The van der Waals surface area contributed by atoms with Crippen molar-refractivity contribution in [3.05, 3.63) is 57.6 Å². The number of rotatable bonds is 6. The molecule has 0 fully saturated rings. The summed E-state index contributed by atoms with van der Waals surface area (Å²) in [6, 6.07) is 8.59. The van der Waals surface area contributed by atoms with E-state index in [9.17, 15) is 9.59 Å². The molecule has 0 spiro atoms. The number of aryl methyl sites for hydroxylation is 2. The molecule has 3 aromatic rings. The van der Waals surface area contributed by atoms with Crippen molar-refractivity contribution in [2.75, 3.05) is 19.0 Å². The Morgan fingerprint density at radius 2 is 1.86 bits per heavy atom. The normalized spacial score (nSPS) is 10.6. The number of methoxy groups -OCH3 is 1. The Hall–Kier alpha value is -3.62. The minimum Gasteiger partial charge on any atom is -0.497 e. The van der Waals surface area contributed by atoms with Crippen molar-refractivity contribution >= 4 is 11.7 Å². The molecule has 0 aliphatic heterocycles. The quantitative estimate of drug-likeness (QED) is 0.673. The van der Waals surface area contributed by atoms with Crippen molar-refractivity contribution in [3.8, 4) is 17.4 Å². The molecule has 9 heteroatoms. The Labute approximate surface area is 161 Å². The lowest BCUT2D eigenvalue weighted by Gasteiger charge is -2.10. The van der Waals surface area contributed by atoms with E-state index in [4.69, 9.17) is 9.47 Å². The van der Waals surface area contributed by atoms with E-state index >= 15 is 0 Å². The largest absolute Gasteiger partial charge is 0.497 e. The zero-order valence-electron chi connectivity index (χ0n) is 16.1. The number of hydrogen-bond donors (Lipinski definition) is 2. The molecule has 0 saturated heterocycles. The molecular formula is C19H21N5O4. The summed E-state index contributed by atoms with van der Waals surface area (Å²) < 4.78 is 11.9. The van der Waals surface area contributed by atoms with Crippen LogP contribution in [0.1, 0.15) is 17.0 Å². The van der Waals surface area contributed by atoms with Crippen molar-refractivity contribution in [1.82, 2.24) is 19.7 Å². The van der Waals surface area contributed by atoms with Crippen LogP contribution >= 0.6 is 0 Å². The van der Waals surface area contributed by atoms with Gasteiger partial charge in [0.25, 0.3) is 11.5 Å². The Morgan fingerprint density at radius 1 is 1.18 bits per heavy atom. The SMILES string of the molecule is COc1ccc(OCC(=O)Nc2cc(C)nn2-c2nc(C)c(C)c(=O)[nH]2)cc1. The van der Waals surface area contributed by atoms with Gasteiger partial charge in [0.2, 0.25) is 5.95 Å². The van der Waals surface area contributed by atoms with Crippen molar-refractivity contribution in [2.45, 2.75) is 20.8 Å². The lowest BCUT2D eigenvalue weighted by atomic mass is 10.3. The van der Waals surface area contributed by atoms with Crippen LogP contribution in [0, 0.1) is 20.8 Å². The maximum absolute atomic E-state index is 12.3. The molecule has 2 N–H and O–H groups in total. The topological polar surface area (TPSA) is 111 Å². The van der Waals surface area contributed by atoms with Crippen molar-refractivity contribution in [2.24, 2.45) is 0 Å². The average molecular weight is 383 g/mol. The summed E-state index contributed by atoms with van der Waals surface area (Å²) in [7, 11) is 1.58. The number of carbonyl (C=O) groups is 1. The molecule has 9 nitrogen and oxygen atoms in total. The molecule has 1 amide bonds. The van der Waals surface area contributed by atoms with Gasteiger partial charge in [-0.05, 0) is 45.0 Å². The Balaban J connectivity index is 1.74. The zero-order chi connectivity index (χ0) is 20.3. The number of H-pyrrole nitrogens is 1. The standard InChI is InChI=1S/C19H21N5O4/c1-11-9-16(24(23-11)19-20-13(3)12(2)18(26)22-19)21-17(25)10-28-15-7-5-14(27-4)6-8-15/h5-9H,10H2,1-4H3,(H,21,25)(H,20,22,26). The van der Waals surface area contributed by atoms with Crippen LogP contribution in [0.2, 0.25) is 0 Å². The van der Waals surface area contributed by atoms with Gasteiger partial charge >= 0.3 is 0 Å². The number of hydrogen-bond acceptors (Lipinski definition) is 6. The predicted octanol–water partition coefficient (Wildman–Crippen LogP) is 1.91. The molecule has 0 saturated carbocycles. The number of aromatic nitrogens is 4. The Kier molecular flexibility index (Phi) is 5.44. The lowest BCUT2D eigenvalue weighted by Crippen LogP contribution is -2.23. The summed E-state index contributed by atoms with van der Waals surface area (Å²) in [4.78, 5) is 31.3. The highest BCUT2D eigenvalue weighted by molar-refractivity contribution is 5.91. The highest BCUT2D eigenvalue weighted by Crippen LogP contribution is 2.18. The summed E-state index contributed by atoms with van der Waals surface area (Å²) in [6.07, 6.45) is 0. The lowest BCUT2D eigenvalue weighted by molar-refractivity contribution is -0.118. The monoisotopic (exact) mass is 383 g/mol. The maximum atomic E-state index is 12.3. The Morgan fingerprint density at radius 3 is 2.50 bits per heavy atom. The third-order valence-corrected chi connectivity index (χ3v) is 4.11. The third kappa shape index (κ3) is 4.20. The fraction of sp³-hybridized carbons (Fsp3) is 0.263. The van der Waals surface area contributed by atoms with Crippen LogP contribution in [0.15, 0.2) is 35.1 Å². The van der Waals surface area contributed by atoms with Gasteiger partial charge in [0.05, 0.1) is 12.8 Å². The van der Waals surface area contributed by atoms with Crippen LogP contribution in [-0.2, 0) is 4.79 Å². The molecule has 0 unspecified atom stereocenters. The third-order valence-electron chi connectivity index (χ3n) is 4.11. The first kappa shape index (κ1) is 19.2. The highest BCUT2D eigenvalue weighted by atomic mass is 16.5. The second kappa shape index (κ2) is 7.95. The molecule has 146 valence electrons. The Bertz CT molecular complexity index is 1050. The van der Waals surface area contributed by atoms with Crippen LogP contribution in [0.4, 0.5) is 5.82 Å². The summed E-state index contributed by atoms with van der Waals surface area (Å²) in [5.74, 6) is 1.48. The van der Waals surface area contributed by atoms with Crippen molar-refractivity contribution in [3.63, 3.8) is 0 Å². The van der Waals surface area contributed by atoms with Gasteiger partial charge < -0.3 is 14.8 Å². The molecule has 28 heavy (non-hydrogen) atoms. The number of nitrogens with zero attached hydrogens (tertiary/aromatic N) is 3. The van der Waals surface area contributed by atoms with Crippen LogP contribution in [0.25, 0.3) is 5.95 Å². The number of ether oxygens (including phenoxy) is 2. The molecule has 2 heterocycles. The summed E-state index contributed by atoms with van der Waals surface area (Å²) >= 11 is 0. The number of aromatic amines is 1. The van der Waals surface area contributed by atoms with Gasteiger partial charge in [-0.1, -0.05) is 0 Å². The fourth-order valence-corrected chi connectivity index (χ4v) is 2.48.